The van der Waals surface area contributed by atoms with Crippen LogP contribution in [0.5, 0.6) is 5.75 Å². The number of halogens is 3. The minimum Gasteiger partial charge on any atom is -0.480 e. The van der Waals surface area contributed by atoms with Gasteiger partial charge in [-0.1, -0.05) is 35.5 Å². The highest BCUT2D eigenvalue weighted by atomic mass is 19.4. The second-order valence-corrected chi connectivity index (χ2v) is 8.11. The van der Waals surface area contributed by atoms with Crippen molar-refractivity contribution in [3.8, 4) is 17.1 Å². The maximum Gasteiger partial charge on any atom is 0.416 e. The number of carbonyl (C=O) groups excluding carboxylic acids is 1. The maximum absolute atomic E-state index is 12.9. The van der Waals surface area contributed by atoms with Crippen molar-refractivity contribution in [2.45, 2.75) is 25.2 Å². The molecule has 1 saturated heterocycles. The smallest absolute Gasteiger partial charge is 0.416 e. The molecule has 0 bridgehead atoms. The first kappa shape index (κ1) is 21.4. The number of benzene rings is 2. The number of piperazine rings is 1. The largest absolute Gasteiger partial charge is 0.480 e. The third kappa shape index (κ3) is 4.56. The van der Waals surface area contributed by atoms with E-state index in [1.807, 2.05) is 24.3 Å². The van der Waals surface area contributed by atoms with Gasteiger partial charge in [0.05, 0.1) is 12.1 Å². The quantitative estimate of drug-likeness (QED) is 0.597. The number of hydrogen-bond donors (Lipinski definition) is 0. The third-order valence-electron chi connectivity index (χ3n) is 5.88. The van der Waals surface area contributed by atoms with Crippen molar-refractivity contribution in [2.24, 2.45) is 0 Å². The summed E-state index contributed by atoms with van der Waals surface area (Å²) in [5.41, 5.74) is 0.525. The zero-order valence-corrected chi connectivity index (χ0v) is 17.6. The number of ether oxygens (including phenoxy) is 1. The lowest BCUT2D eigenvalue weighted by atomic mass is 10.1. The number of alkyl halides is 3. The summed E-state index contributed by atoms with van der Waals surface area (Å²) >= 11 is 0. The molecule has 33 heavy (non-hydrogen) atoms. The SMILES string of the molecule is O=C(C1Cc2ccccc2O1)N1CCN(Cc2nc(-c3cccc(C(F)(F)F)c3)no2)CC1. The molecule has 10 heteroatoms. The average Bonchev–Trinajstić information content (AvgIpc) is 3.46. The van der Waals surface area contributed by atoms with E-state index < -0.39 is 17.8 Å². The van der Waals surface area contributed by atoms with E-state index in [4.69, 9.17) is 9.26 Å². The van der Waals surface area contributed by atoms with Crippen LogP contribution in [0.4, 0.5) is 13.2 Å². The number of aromatic nitrogens is 2. The number of fused-ring (bicyclic) bond motifs is 1. The molecule has 2 aromatic carbocycles. The fourth-order valence-corrected chi connectivity index (χ4v) is 4.11. The number of hydrogen-bond acceptors (Lipinski definition) is 6. The lowest BCUT2D eigenvalue weighted by molar-refractivity contribution is -0.140. The van der Waals surface area contributed by atoms with Gasteiger partial charge in [-0.3, -0.25) is 9.69 Å². The molecule has 0 spiro atoms. The van der Waals surface area contributed by atoms with Crippen LogP contribution in [0, 0.1) is 0 Å². The molecule has 1 amide bonds. The topological polar surface area (TPSA) is 71.7 Å². The minimum absolute atomic E-state index is 0.0181. The van der Waals surface area contributed by atoms with E-state index in [9.17, 15) is 18.0 Å². The Bertz CT molecular complexity index is 1130. The van der Waals surface area contributed by atoms with Gasteiger partial charge in [0, 0.05) is 38.2 Å². The summed E-state index contributed by atoms with van der Waals surface area (Å²) in [5, 5.41) is 3.83. The molecule has 1 fully saturated rings. The van der Waals surface area contributed by atoms with Crippen LogP contribution in [-0.4, -0.2) is 58.1 Å². The van der Waals surface area contributed by atoms with Gasteiger partial charge in [0.2, 0.25) is 11.7 Å². The summed E-state index contributed by atoms with van der Waals surface area (Å²) in [5.74, 6) is 1.18. The Morgan fingerprint density at radius 3 is 2.61 bits per heavy atom. The molecule has 3 aromatic rings. The third-order valence-corrected chi connectivity index (χ3v) is 5.88. The van der Waals surface area contributed by atoms with Crippen LogP contribution < -0.4 is 4.74 Å². The Morgan fingerprint density at radius 1 is 1.06 bits per heavy atom. The number of para-hydroxylation sites is 1. The van der Waals surface area contributed by atoms with Crippen molar-refractivity contribution in [3.05, 3.63) is 65.5 Å². The molecule has 0 radical (unpaired) electrons. The predicted molar refractivity (Wildman–Crippen MR) is 111 cm³/mol. The number of carbonyl (C=O) groups is 1. The van der Waals surface area contributed by atoms with E-state index in [2.05, 4.69) is 15.0 Å². The standard InChI is InChI=1S/C23H21F3N4O3/c24-23(25,26)17-6-3-5-16(12-17)21-27-20(33-28-21)14-29-8-10-30(11-9-29)22(31)19-13-15-4-1-2-7-18(15)32-19/h1-7,12,19H,8-11,13-14H2. The second kappa shape index (κ2) is 8.51. The van der Waals surface area contributed by atoms with Crippen molar-refractivity contribution < 1.29 is 27.2 Å². The molecule has 172 valence electrons. The summed E-state index contributed by atoms with van der Waals surface area (Å²) in [4.78, 5) is 21.0. The van der Waals surface area contributed by atoms with E-state index in [1.54, 1.807) is 4.90 Å². The van der Waals surface area contributed by atoms with Crippen molar-refractivity contribution in [1.29, 1.82) is 0 Å². The molecule has 0 N–H and O–H groups in total. The molecule has 2 aliphatic heterocycles. The fraction of sp³-hybridized carbons (Fsp3) is 0.348. The second-order valence-electron chi connectivity index (χ2n) is 8.11. The van der Waals surface area contributed by atoms with Gasteiger partial charge in [-0.15, -0.1) is 0 Å². The number of nitrogens with zero attached hydrogens (tertiary/aromatic N) is 4. The summed E-state index contributed by atoms with van der Waals surface area (Å²) < 4.78 is 49.9. The normalized spacial score (nSPS) is 18.8. The monoisotopic (exact) mass is 458 g/mol. The zero-order chi connectivity index (χ0) is 23.0. The molecule has 1 aromatic heterocycles. The van der Waals surface area contributed by atoms with Crippen LogP contribution in [0.2, 0.25) is 0 Å². The van der Waals surface area contributed by atoms with E-state index in [0.717, 1.165) is 23.4 Å². The van der Waals surface area contributed by atoms with Crippen molar-refractivity contribution in [2.75, 3.05) is 26.2 Å². The van der Waals surface area contributed by atoms with Gasteiger partial charge < -0.3 is 14.2 Å². The average molecular weight is 458 g/mol. The van der Waals surface area contributed by atoms with Gasteiger partial charge in [-0.25, -0.2) is 0 Å². The molecule has 5 rings (SSSR count). The highest BCUT2D eigenvalue weighted by Gasteiger charge is 2.34. The van der Waals surface area contributed by atoms with Gasteiger partial charge >= 0.3 is 6.18 Å². The van der Waals surface area contributed by atoms with E-state index >= 15 is 0 Å². The molecule has 1 unspecified atom stereocenters. The molecular weight excluding hydrogens is 437 g/mol. The Balaban J connectivity index is 1.16. The predicted octanol–water partition coefficient (Wildman–Crippen LogP) is 3.40. The lowest BCUT2D eigenvalue weighted by Gasteiger charge is -2.34. The van der Waals surface area contributed by atoms with Crippen LogP contribution >= 0.6 is 0 Å². The van der Waals surface area contributed by atoms with Crippen LogP contribution in [-0.2, 0) is 23.9 Å². The van der Waals surface area contributed by atoms with Crippen molar-refractivity contribution in [1.82, 2.24) is 19.9 Å². The maximum atomic E-state index is 12.9. The molecule has 0 saturated carbocycles. The van der Waals surface area contributed by atoms with E-state index in [-0.39, 0.29) is 17.3 Å². The number of rotatable bonds is 4. The van der Waals surface area contributed by atoms with E-state index in [1.165, 1.54) is 12.1 Å². The highest BCUT2D eigenvalue weighted by Crippen LogP contribution is 2.32. The zero-order valence-electron chi connectivity index (χ0n) is 17.6. The molecule has 1 atom stereocenters. The molecule has 2 aliphatic rings. The highest BCUT2D eigenvalue weighted by molar-refractivity contribution is 5.82. The Morgan fingerprint density at radius 2 is 1.85 bits per heavy atom. The van der Waals surface area contributed by atoms with Gasteiger partial charge in [-0.2, -0.15) is 18.2 Å². The Hall–Kier alpha value is -3.40. The summed E-state index contributed by atoms with van der Waals surface area (Å²) in [7, 11) is 0. The van der Waals surface area contributed by atoms with Crippen LogP contribution in [0.3, 0.4) is 0 Å². The van der Waals surface area contributed by atoms with Crippen LogP contribution in [0.25, 0.3) is 11.4 Å². The molecular formula is C23H21F3N4O3. The van der Waals surface area contributed by atoms with Gasteiger partial charge in [-0.05, 0) is 23.8 Å². The molecule has 0 aliphatic carbocycles. The Labute approximate surface area is 187 Å². The van der Waals surface area contributed by atoms with Crippen LogP contribution in [0.15, 0.2) is 53.1 Å². The minimum atomic E-state index is -4.44. The lowest BCUT2D eigenvalue weighted by Crippen LogP contribution is -2.51. The summed E-state index contributed by atoms with van der Waals surface area (Å²) in [6, 6.07) is 12.5. The first-order valence-electron chi connectivity index (χ1n) is 10.6. The first-order valence-corrected chi connectivity index (χ1v) is 10.6. The summed E-state index contributed by atoms with van der Waals surface area (Å²) in [6.45, 7) is 2.69. The Kier molecular flexibility index (Phi) is 5.53. The van der Waals surface area contributed by atoms with Gasteiger partial charge in [0.1, 0.15) is 5.75 Å². The fourth-order valence-electron chi connectivity index (χ4n) is 4.11. The first-order chi connectivity index (χ1) is 15.9. The van der Waals surface area contributed by atoms with Crippen molar-refractivity contribution in [3.63, 3.8) is 0 Å². The van der Waals surface area contributed by atoms with Gasteiger partial charge in [0.15, 0.2) is 6.10 Å². The van der Waals surface area contributed by atoms with Crippen LogP contribution in [0.1, 0.15) is 17.0 Å². The number of amides is 1. The van der Waals surface area contributed by atoms with E-state index in [0.29, 0.717) is 45.0 Å². The molecule has 7 nitrogen and oxygen atoms in total. The molecule has 3 heterocycles. The van der Waals surface area contributed by atoms with Gasteiger partial charge in [0.25, 0.3) is 5.91 Å². The van der Waals surface area contributed by atoms with Crippen molar-refractivity contribution >= 4 is 5.91 Å². The summed E-state index contributed by atoms with van der Waals surface area (Å²) in [6.07, 6.45) is -4.35.